The molecule has 1 saturated carbocycles. The largest absolute Gasteiger partial charge is 0.396 e. The van der Waals surface area contributed by atoms with Gasteiger partial charge in [0.05, 0.1) is 0 Å². The lowest BCUT2D eigenvalue weighted by Crippen LogP contribution is -2.40. The second kappa shape index (κ2) is 8.26. The van der Waals surface area contributed by atoms with E-state index in [1.54, 1.807) is 0 Å². The number of rotatable bonds is 8. The molecule has 0 radical (unpaired) electrons. The van der Waals surface area contributed by atoms with Crippen molar-refractivity contribution in [3.8, 4) is 0 Å². The molecule has 2 atom stereocenters. The molecule has 0 spiro atoms. The Balaban J connectivity index is 2.28. The van der Waals surface area contributed by atoms with Crippen LogP contribution in [0.15, 0.2) is 0 Å². The van der Waals surface area contributed by atoms with E-state index >= 15 is 0 Å². The fourth-order valence-electron chi connectivity index (χ4n) is 3.42. The number of hydrogen-bond acceptors (Lipinski definition) is 2. The van der Waals surface area contributed by atoms with Gasteiger partial charge in [-0.2, -0.15) is 0 Å². The van der Waals surface area contributed by atoms with Gasteiger partial charge in [-0.15, -0.1) is 0 Å². The highest BCUT2D eigenvalue weighted by Crippen LogP contribution is 2.30. The van der Waals surface area contributed by atoms with Crippen LogP contribution in [0.2, 0.25) is 0 Å². The molecule has 1 aliphatic rings. The van der Waals surface area contributed by atoms with Crippen molar-refractivity contribution in [1.82, 2.24) is 5.32 Å². The Morgan fingerprint density at radius 1 is 1.26 bits per heavy atom. The van der Waals surface area contributed by atoms with Crippen molar-refractivity contribution < 1.29 is 5.11 Å². The number of nitrogens with one attached hydrogen (secondary N) is 1. The van der Waals surface area contributed by atoms with Gasteiger partial charge in [0.15, 0.2) is 0 Å². The first-order chi connectivity index (χ1) is 8.93. The van der Waals surface area contributed by atoms with E-state index in [4.69, 9.17) is 5.11 Å². The van der Waals surface area contributed by atoms with E-state index in [0.717, 1.165) is 37.3 Å². The SMILES string of the molecule is CC(C)CC1CCCC(NCC(C)(C)CCCO)C1. The molecule has 0 bridgehead atoms. The van der Waals surface area contributed by atoms with Gasteiger partial charge in [-0.05, 0) is 49.4 Å². The summed E-state index contributed by atoms with van der Waals surface area (Å²) in [6.45, 7) is 10.7. The molecule has 1 aliphatic carbocycles. The zero-order valence-corrected chi connectivity index (χ0v) is 13.5. The first kappa shape index (κ1) is 17.0. The van der Waals surface area contributed by atoms with Crippen molar-refractivity contribution in [2.24, 2.45) is 17.3 Å². The Morgan fingerprint density at radius 3 is 2.63 bits per heavy atom. The average Bonchev–Trinajstić information content (AvgIpc) is 2.34. The fourth-order valence-corrected chi connectivity index (χ4v) is 3.42. The molecule has 0 aliphatic heterocycles. The summed E-state index contributed by atoms with van der Waals surface area (Å²) in [4.78, 5) is 0. The molecule has 1 rings (SSSR count). The highest BCUT2D eigenvalue weighted by molar-refractivity contribution is 4.81. The molecule has 0 aromatic heterocycles. The normalized spacial score (nSPS) is 24.9. The highest BCUT2D eigenvalue weighted by atomic mass is 16.2. The molecule has 1 fully saturated rings. The molecule has 0 aromatic carbocycles. The number of aliphatic hydroxyl groups excluding tert-OH is 1. The van der Waals surface area contributed by atoms with Crippen LogP contribution in [-0.2, 0) is 0 Å². The van der Waals surface area contributed by atoms with Gasteiger partial charge in [0.1, 0.15) is 0 Å². The summed E-state index contributed by atoms with van der Waals surface area (Å²) in [5.41, 5.74) is 0.313. The predicted molar refractivity (Wildman–Crippen MR) is 83.3 cm³/mol. The van der Waals surface area contributed by atoms with E-state index < -0.39 is 0 Å². The van der Waals surface area contributed by atoms with Gasteiger partial charge in [0, 0.05) is 19.2 Å². The summed E-state index contributed by atoms with van der Waals surface area (Å²) in [5.74, 6) is 1.77. The predicted octanol–water partition coefficient (Wildman–Crippen LogP) is 3.98. The minimum atomic E-state index is 0.313. The van der Waals surface area contributed by atoms with Crippen LogP contribution in [-0.4, -0.2) is 24.3 Å². The molecule has 19 heavy (non-hydrogen) atoms. The molecule has 2 heteroatoms. The lowest BCUT2D eigenvalue weighted by Gasteiger charge is -2.34. The molecule has 0 amide bonds. The third kappa shape index (κ3) is 7.31. The van der Waals surface area contributed by atoms with Crippen LogP contribution in [0, 0.1) is 17.3 Å². The Labute approximate surface area is 120 Å². The first-order valence-electron chi connectivity index (χ1n) is 8.27. The second-order valence-corrected chi connectivity index (χ2v) is 7.73. The van der Waals surface area contributed by atoms with Crippen LogP contribution < -0.4 is 5.32 Å². The van der Waals surface area contributed by atoms with Gasteiger partial charge in [-0.1, -0.05) is 40.5 Å². The van der Waals surface area contributed by atoms with Gasteiger partial charge >= 0.3 is 0 Å². The third-order valence-corrected chi connectivity index (χ3v) is 4.47. The first-order valence-corrected chi connectivity index (χ1v) is 8.27. The van der Waals surface area contributed by atoms with Crippen LogP contribution in [0.25, 0.3) is 0 Å². The molecule has 114 valence electrons. The van der Waals surface area contributed by atoms with Crippen molar-refractivity contribution in [2.45, 2.75) is 78.7 Å². The summed E-state index contributed by atoms with van der Waals surface area (Å²) < 4.78 is 0. The maximum atomic E-state index is 8.94. The minimum absolute atomic E-state index is 0.313. The van der Waals surface area contributed by atoms with Crippen molar-refractivity contribution >= 4 is 0 Å². The molecule has 2 unspecified atom stereocenters. The summed E-state index contributed by atoms with van der Waals surface area (Å²) in [6, 6.07) is 0.728. The topological polar surface area (TPSA) is 32.3 Å². The van der Waals surface area contributed by atoms with Gasteiger partial charge < -0.3 is 10.4 Å². The van der Waals surface area contributed by atoms with Crippen molar-refractivity contribution in [3.63, 3.8) is 0 Å². The molecule has 0 heterocycles. The molecular weight excluding hydrogens is 234 g/mol. The van der Waals surface area contributed by atoms with Crippen molar-refractivity contribution in [3.05, 3.63) is 0 Å². The van der Waals surface area contributed by atoms with Crippen molar-refractivity contribution in [2.75, 3.05) is 13.2 Å². The van der Waals surface area contributed by atoms with Crippen LogP contribution in [0.5, 0.6) is 0 Å². The smallest absolute Gasteiger partial charge is 0.0431 e. The van der Waals surface area contributed by atoms with Crippen LogP contribution in [0.1, 0.15) is 72.6 Å². The molecular formula is C17H35NO. The third-order valence-electron chi connectivity index (χ3n) is 4.47. The quantitative estimate of drug-likeness (QED) is 0.698. The minimum Gasteiger partial charge on any atom is -0.396 e. The van der Waals surface area contributed by atoms with Crippen LogP contribution >= 0.6 is 0 Å². The average molecular weight is 269 g/mol. The van der Waals surface area contributed by atoms with E-state index in [1.165, 1.54) is 32.1 Å². The Hall–Kier alpha value is -0.0800. The fraction of sp³-hybridized carbons (Fsp3) is 1.00. The zero-order valence-electron chi connectivity index (χ0n) is 13.5. The van der Waals surface area contributed by atoms with Crippen molar-refractivity contribution in [1.29, 1.82) is 0 Å². The van der Waals surface area contributed by atoms with Gasteiger partial charge in [0.25, 0.3) is 0 Å². The lowest BCUT2D eigenvalue weighted by atomic mass is 9.80. The van der Waals surface area contributed by atoms with E-state index in [0.29, 0.717) is 12.0 Å². The van der Waals surface area contributed by atoms with Crippen LogP contribution in [0.4, 0.5) is 0 Å². The van der Waals surface area contributed by atoms with Gasteiger partial charge in [-0.3, -0.25) is 0 Å². The monoisotopic (exact) mass is 269 g/mol. The lowest BCUT2D eigenvalue weighted by molar-refractivity contribution is 0.207. The zero-order chi connectivity index (χ0) is 14.3. The van der Waals surface area contributed by atoms with E-state index in [-0.39, 0.29) is 0 Å². The molecule has 0 saturated heterocycles. The van der Waals surface area contributed by atoms with E-state index in [9.17, 15) is 0 Å². The summed E-state index contributed by atoms with van der Waals surface area (Å²) in [7, 11) is 0. The Kier molecular flexibility index (Phi) is 7.38. The highest BCUT2D eigenvalue weighted by Gasteiger charge is 2.24. The summed E-state index contributed by atoms with van der Waals surface area (Å²) >= 11 is 0. The van der Waals surface area contributed by atoms with Crippen LogP contribution in [0.3, 0.4) is 0 Å². The standard InChI is InChI=1S/C17H35NO/c1-14(2)11-15-7-5-8-16(12-15)18-13-17(3,4)9-6-10-19/h14-16,18-19H,5-13H2,1-4H3. The van der Waals surface area contributed by atoms with E-state index in [1.807, 2.05) is 0 Å². The Morgan fingerprint density at radius 2 is 2.00 bits per heavy atom. The number of hydrogen-bond donors (Lipinski definition) is 2. The Bertz CT molecular complexity index is 237. The summed E-state index contributed by atoms with van der Waals surface area (Å²) in [6.07, 6.45) is 8.98. The number of aliphatic hydroxyl groups is 1. The molecule has 2 nitrogen and oxygen atoms in total. The van der Waals surface area contributed by atoms with Gasteiger partial charge in [-0.25, -0.2) is 0 Å². The van der Waals surface area contributed by atoms with E-state index in [2.05, 4.69) is 33.0 Å². The summed E-state index contributed by atoms with van der Waals surface area (Å²) in [5, 5.41) is 12.7. The molecule has 0 aromatic rings. The maximum absolute atomic E-state index is 8.94. The van der Waals surface area contributed by atoms with Gasteiger partial charge in [0.2, 0.25) is 0 Å². The maximum Gasteiger partial charge on any atom is 0.0431 e. The second-order valence-electron chi connectivity index (χ2n) is 7.73. The molecule has 2 N–H and O–H groups in total.